The van der Waals surface area contributed by atoms with E-state index in [4.69, 9.17) is 18.7 Å². The molecule has 2 amide bonds. The lowest BCUT2D eigenvalue weighted by atomic mass is 10.0. The first-order valence-corrected chi connectivity index (χ1v) is 15.1. The summed E-state index contributed by atoms with van der Waals surface area (Å²) in [5, 5.41) is 5.72. The van der Waals surface area contributed by atoms with Crippen LogP contribution in [0.2, 0.25) is 0 Å². The second-order valence-electron chi connectivity index (χ2n) is 10.3. The number of thioether (sulfide) groups is 1. The van der Waals surface area contributed by atoms with Crippen LogP contribution in [0.1, 0.15) is 23.0 Å². The molecule has 1 aromatic heterocycles. The predicted molar refractivity (Wildman–Crippen MR) is 161 cm³/mol. The number of hydrogen-bond donors (Lipinski definition) is 1. The van der Waals surface area contributed by atoms with Crippen molar-refractivity contribution in [3.8, 4) is 11.6 Å². The van der Waals surface area contributed by atoms with Crippen LogP contribution in [0.4, 0.5) is 4.39 Å². The van der Waals surface area contributed by atoms with Crippen molar-refractivity contribution in [1.82, 2.24) is 15.4 Å². The van der Waals surface area contributed by atoms with Crippen molar-refractivity contribution in [2.45, 2.75) is 24.4 Å². The summed E-state index contributed by atoms with van der Waals surface area (Å²) in [4.78, 5) is 41.5. The lowest BCUT2D eigenvalue weighted by Crippen LogP contribution is -2.71. The van der Waals surface area contributed by atoms with Gasteiger partial charge in [0, 0.05) is 11.3 Å². The average Bonchev–Trinajstić information content (AvgIpc) is 3.40. The first kappa shape index (κ1) is 29.9. The number of aromatic nitrogens is 1. The summed E-state index contributed by atoms with van der Waals surface area (Å²) in [6, 6.07) is 26.4. The molecule has 3 aromatic carbocycles. The minimum Gasteiger partial charge on any atom is -0.484 e. The Hall–Kier alpha value is -5.10. The Kier molecular flexibility index (Phi) is 8.83. The molecule has 45 heavy (non-hydrogen) atoms. The fraction of sp³-hybridized carbons (Fsp3) is 0.212. The normalized spacial score (nSPS) is 17.4. The van der Waals surface area contributed by atoms with Crippen LogP contribution in [0.25, 0.3) is 0 Å². The molecule has 230 valence electrons. The molecule has 10 nitrogen and oxygen atoms in total. The topological polar surface area (TPSA) is 120 Å². The zero-order chi connectivity index (χ0) is 31.3. The number of para-hydroxylation sites is 1. The van der Waals surface area contributed by atoms with Gasteiger partial charge in [-0.2, -0.15) is 4.39 Å². The third-order valence-electron chi connectivity index (χ3n) is 7.25. The third kappa shape index (κ3) is 6.41. The number of rotatable bonds is 11. The van der Waals surface area contributed by atoms with Crippen molar-refractivity contribution in [1.29, 1.82) is 0 Å². The maximum Gasteiger partial charge on any atom is 0.356 e. The number of aryl methyl sites for hydroxylation is 1. The molecule has 2 aliphatic heterocycles. The SMILES string of the molecule is Cc1onc(OCC2=C(C(=O)OC(c3ccccc3)c3ccccc3)N3C(=O)C(NC(=O)COc4ccccc4)[C@H]3SC2)c1F. The number of carbonyl (C=O) groups is 3. The van der Waals surface area contributed by atoms with Crippen molar-refractivity contribution < 1.29 is 37.5 Å². The number of halogens is 1. The lowest BCUT2D eigenvalue weighted by molar-refractivity contribution is -0.155. The molecule has 1 unspecified atom stereocenters. The number of benzene rings is 3. The van der Waals surface area contributed by atoms with Crippen molar-refractivity contribution in [2.75, 3.05) is 19.0 Å². The second-order valence-corrected chi connectivity index (χ2v) is 11.4. The monoisotopic (exact) mass is 629 g/mol. The standard InChI is InChI=1S/C33H28FN3O7S/c1-20-26(34)30(36-44-20)42-17-23-19-45-32-27(35-25(38)18-41-24-15-9-4-10-16-24)31(39)37(32)28(23)33(40)43-29(21-11-5-2-6-12-21)22-13-7-3-8-14-22/h2-16,27,29,32H,17-19H2,1H3,(H,35,38)/t27?,32-/m1/s1. The van der Waals surface area contributed by atoms with Gasteiger partial charge in [0.05, 0.1) is 0 Å². The Bertz CT molecular complexity index is 1680. The summed E-state index contributed by atoms with van der Waals surface area (Å²) in [7, 11) is 0. The highest BCUT2D eigenvalue weighted by Crippen LogP contribution is 2.42. The van der Waals surface area contributed by atoms with E-state index in [9.17, 15) is 18.8 Å². The molecule has 1 saturated heterocycles. The molecule has 0 spiro atoms. The van der Waals surface area contributed by atoms with Gasteiger partial charge in [-0.25, -0.2) is 4.79 Å². The van der Waals surface area contributed by atoms with Crippen LogP contribution >= 0.6 is 11.8 Å². The van der Waals surface area contributed by atoms with E-state index < -0.39 is 41.1 Å². The minimum absolute atomic E-state index is 0.0210. The Labute approximate surface area is 262 Å². The predicted octanol–water partition coefficient (Wildman–Crippen LogP) is 4.57. The smallest absolute Gasteiger partial charge is 0.356 e. The number of β-lactam (4-membered cyclic amide) rings is 1. The maximum absolute atomic E-state index is 14.4. The summed E-state index contributed by atoms with van der Waals surface area (Å²) in [6.45, 7) is 0.872. The van der Waals surface area contributed by atoms with E-state index in [1.54, 1.807) is 24.3 Å². The first-order chi connectivity index (χ1) is 21.9. The molecule has 0 saturated carbocycles. The highest BCUT2D eigenvalue weighted by atomic mass is 32.2. The van der Waals surface area contributed by atoms with Crippen LogP contribution in [0, 0.1) is 12.7 Å². The Morgan fingerprint density at radius 3 is 2.22 bits per heavy atom. The number of hydrogen-bond acceptors (Lipinski definition) is 9. The minimum atomic E-state index is -0.887. The van der Waals surface area contributed by atoms with Crippen LogP contribution in [-0.2, 0) is 19.1 Å². The van der Waals surface area contributed by atoms with Crippen LogP contribution in [0.3, 0.4) is 0 Å². The van der Waals surface area contributed by atoms with E-state index in [0.717, 1.165) is 11.1 Å². The second kappa shape index (κ2) is 13.3. The zero-order valence-electron chi connectivity index (χ0n) is 24.1. The summed E-state index contributed by atoms with van der Waals surface area (Å²) in [6.07, 6.45) is -0.778. The molecule has 2 atom stereocenters. The van der Waals surface area contributed by atoms with Crippen molar-refractivity contribution in [2.24, 2.45) is 0 Å². The summed E-state index contributed by atoms with van der Waals surface area (Å²) >= 11 is 1.33. The van der Waals surface area contributed by atoms with Gasteiger partial charge in [-0.05, 0) is 35.3 Å². The maximum atomic E-state index is 14.4. The number of ether oxygens (including phenoxy) is 3. The largest absolute Gasteiger partial charge is 0.484 e. The van der Waals surface area contributed by atoms with E-state index >= 15 is 0 Å². The molecule has 4 aromatic rings. The number of amides is 2. The van der Waals surface area contributed by atoms with Crippen LogP contribution in [0.5, 0.6) is 11.6 Å². The summed E-state index contributed by atoms with van der Waals surface area (Å²) in [5.74, 6) is -2.14. The van der Waals surface area contributed by atoms with E-state index in [-0.39, 0.29) is 36.3 Å². The molecular formula is C33H28FN3O7S. The quantitative estimate of drug-likeness (QED) is 0.188. The van der Waals surface area contributed by atoms with Crippen molar-refractivity contribution >= 4 is 29.5 Å². The average molecular weight is 630 g/mol. The van der Waals surface area contributed by atoms with Crippen LogP contribution in [0.15, 0.2) is 107 Å². The van der Waals surface area contributed by atoms with E-state index in [2.05, 4.69) is 10.5 Å². The molecule has 6 rings (SSSR count). The number of nitrogens with one attached hydrogen (secondary N) is 1. The van der Waals surface area contributed by atoms with Gasteiger partial charge in [-0.3, -0.25) is 14.5 Å². The van der Waals surface area contributed by atoms with Crippen LogP contribution in [-0.4, -0.2) is 58.2 Å². The van der Waals surface area contributed by atoms with Gasteiger partial charge in [0.1, 0.15) is 29.5 Å². The highest BCUT2D eigenvalue weighted by Gasteiger charge is 2.54. The van der Waals surface area contributed by atoms with Gasteiger partial charge in [0.25, 0.3) is 17.7 Å². The molecule has 0 aliphatic carbocycles. The van der Waals surface area contributed by atoms with Gasteiger partial charge in [0.2, 0.25) is 5.82 Å². The van der Waals surface area contributed by atoms with Gasteiger partial charge in [-0.15, -0.1) is 11.8 Å². The van der Waals surface area contributed by atoms with Crippen molar-refractivity contribution in [3.05, 3.63) is 125 Å². The van der Waals surface area contributed by atoms with Gasteiger partial charge < -0.3 is 24.1 Å². The molecule has 12 heteroatoms. The van der Waals surface area contributed by atoms with Gasteiger partial charge >= 0.3 is 5.97 Å². The fourth-order valence-electron chi connectivity index (χ4n) is 5.00. The number of carbonyl (C=O) groups excluding carboxylic acids is 3. The highest BCUT2D eigenvalue weighted by molar-refractivity contribution is 8.00. The molecule has 0 bridgehead atoms. The van der Waals surface area contributed by atoms with E-state index in [1.165, 1.54) is 23.6 Å². The van der Waals surface area contributed by atoms with Crippen LogP contribution < -0.4 is 14.8 Å². The third-order valence-corrected chi connectivity index (χ3v) is 8.58. The van der Waals surface area contributed by atoms with E-state index in [0.29, 0.717) is 11.3 Å². The summed E-state index contributed by atoms with van der Waals surface area (Å²) in [5.41, 5.74) is 1.84. The first-order valence-electron chi connectivity index (χ1n) is 14.1. The number of esters is 1. The lowest BCUT2D eigenvalue weighted by Gasteiger charge is -2.49. The Balaban J connectivity index is 1.24. The molecule has 0 radical (unpaired) electrons. The Morgan fingerprint density at radius 2 is 1.62 bits per heavy atom. The molecular weight excluding hydrogens is 601 g/mol. The van der Waals surface area contributed by atoms with Gasteiger partial charge in [-0.1, -0.05) is 78.9 Å². The number of fused-ring (bicyclic) bond motifs is 1. The van der Waals surface area contributed by atoms with E-state index in [1.807, 2.05) is 66.7 Å². The molecule has 3 heterocycles. The number of nitrogens with zero attached hydrogens (tertiary/aromatic N) is 2. The summed E-state index contributed by atoms with van der Waals surface area (Å²) < 4.78 is 36.4. The molecule has 2 aliphatic rings. The zero-order valence-corrected chi connectivity index (χ0v) is 24.9. The fourth-order valence-corrected chi connectivity index (χ4v) is 6.32. The van der Waals surface area contributed by atoms with Gasteiger partial charge in [0.15, 0.2) is 18.5 Å². The molecule has 1 N–H and O–H groups in total. The Morgan fingerprint density at radius 1 is 1.00 bits per heavy atom. The van der Waals surface area contributed by atoms with Crippen molar-refractivity contribution in [3.63, 3.8) is 0 Å². The molecule has 1 fully saturated rings.